The van der Waals surface area contributed by atoms with Crippen molar-refractivity contribution < 1.29 is 14.7 Å². The zero-order chi connectivity index (χ0) is 16.3. The van der Waals surface area contributed by atoms with Gasteiger partial charge >= 0.3 is 5.97 Å². The first kappa shape index (κ1) is 16.5. The van der Waals surface area contributed by atoms with Crippen LogP contribution in [0.25, 0.3) is 0 Å². The highest BCUT2D eigenvalue weighted by atomic mass is 16.4. The molecule has 2 unspecified atom stereocenters. The summed E-state index contributed by atoms with van der Waals surface area (Å²) in [5.41, 5.74) is 1.11. The third-order valence-electron chi connectivity index (χ3n) is 4.31. The molecule has 1 saturated heterocycles. The van der Waals surface area contributed by atoms with E-state index in [1.54, 1.807) is 4.90 Å². The molecule has 1 aliphatic heterocycles. The van der Waals surface area contributed by atoms with Gasteiger partial charge in [0, 0.05) is 25.4 Å². The Labute approximate surface area is 132 Å². The van der Waals surface area contributed by atoms with E-state index in [2.05, 4.69) is 20.8 Å². The summed E-state index contributed by atoms with van der Waals surface area (Å²) >= 11 is 0. The van der Waals surface area contributed by atoms with Gasteiger partial charge in [0.05, 0.1) is 5.92 Å². The molecular weight excluding hydrogens is 278 g/mol. The molecule has 0 aliphatic carbocycles. The van der Waals surface area contributed by atoms with Crippen LogP contribution in [0.5, 0.6) is 0 Å². The molecule has 1 amide bonds. The number of benzene rings is 1. The minimum absolute atomic E-state index is 0.0691. The normalized spacial score (nSPS) is 21.9. The first-order valence-electron chi connectivity index (χ1n) is 7.83. The van der Waals surface area contributed by atoms with E-state index in [1.807, 2.05) is 30.3 Å². The molecular formula is C18H25NO3. The lowest BCUT2D eigenvalue weighted by molar-refractivity contribution is -0.141. The number of carboxylic acids is 1. The van der Waals surface area contributed by atoms with E-state index in [9.17, 15) is 14.7 Å². The fourth-order valence-electron chi connectivity index (χ4n) is 2.94. The van der Waals surface area contributed by atoms with Gasteiger partial charge in [-0.2, -0.15) is 0 Å². The number of likely N-dealkylation sites (tertiary alicyclic amines) is 1. The summed E-state index contributed by atoms with van der Waals surface area (Å²) in [4.78, 5) is 25.6. The minimum Gasteiger partial charge on any atom is -0.481 e. The summed E-state index contributed by atoms with van der Waals surface area (Å²) in [5.74, 6) is -1.38. The van der Waals surface area contributed by atoms with Gasteiger partial charge in [-0.15, -0.1) is 0 Å². The first-order valence-corrected chi connectivity index (χ1v) is 7.83. The maximum absolute atomic E-state index is 12.4. The smallest absolute Gasteiger partial charge is 0.308 e. The molecule has 0 radical (unpaired) electrons. The molecule has 1 aromatic rings. The first-order chi connectivity index (χ1) is 10.3. The lowest BCUT2D eigenvalue weighted by Crippen LogP contribution is -2.30. The Morgan fingerprint density at radius 1 is 1.18 bits per heavy atom. The third-order valence-corrected chi connectivity index (χ3v) is 4.31. The monoisotopic (exact) mass is 303 g/mol. The summed E-state index contributed by atoms with van der Waals surface area (Å²) < 4.78 is 0. The minimum atomic E-state index is -0.819. The number of carboxylic acid groups (broad SMARTS) is 1. The van der Waals surface area contributed by atoms with Crippen LogP contribution in [-0.2, 0) is 9.59 Å². The Morgan fingerprint density at radius 2 is 1.82 bits per heavy atom. The van der Waals surface area contributed by atoms with E-state index in [1.165, 1.54) is 0 Å². The molecule has 22 heavy (non-hydrogen) atoms. The molecule has 2 atom stereocenters. The average Bonchev–Trinajstić information content (AvgIpc) is 2.90. The molecule has 2 rings (SSSR count). The second-order valence-corrected chi connectivity index (χ2v) is 7.32. The molecule has 1 aromatic carbocycles. The van der Waals surface area contributed by atoms with E-state index in [0.29, 0.717) is 19.5 Å². The fourth-order valence-corrected chi connectivity index (χ4v) is 2.94. The van der Waals surface area contributed by atoms with Crippen LogP contribution in [0.15, 0.2) is 30.3 Å². The van der Waals surface area contributed by atoms with Crippen LogP contribution in [0.3, 0.4) is 0 Å². The zero-order valence-corrected chi connectivity index (χ0v) is 13.6. The molecule has 120 valence electrons. The molecule has 1 fully saturated rings. The summed E-state index contributed by atoms with van der Waals surface area (Å²) in [6.07, 6.45) is 1.30. The maximum Gasteiger partial charge on any atom is 0.308 e. The van der Waals surface area contributed by atoms with Crippen LogP contribution in [0.2, 0.25) is 0 Å². The number of nitrogens with zero attached hydrogens (tertiary/aromatic N) is 1. The van der Waals surface area contributed by atoms with E-state index in [-0.39, 0.29) is 17.2 Å². The number of carbonyl (C=O) groups excluding carboxylic acids is 1. The fraction of sp³-hybridized carbons (Fsp3) is 0.556. The van der Waals surface area contributed by atoms with Crippen molar-refractivity contribution in [1.82, 2.24) is 4.90 Å². The van der Waals surface area contributed by atoms with Crippen LogP contribution in [0, 0.1) is 11.3 Å². The van der Waals surface area contributed by atoms with Crippen LogP contribution in [0.4, 0.5) is 0 Å². The van der Waals surface area contributed by atoms with Gasteiger partial charge in [-0.05, 0) is 17.4 Å². The largest absolute Gasteiger partial charge is 0.481 e. The highest BCUT2D eigenvalue weighted by Crippen LogP contribution is 2.33. The number of amides is 1. The second kappa shape index (κ2) is 6.51. The molecule has 1 N–H and O–H groups in total. The van der Waals surface area contributed by atoms with Gasteiger partial charge in [0.2, 0.25) is 5.91 Å². The summed E-state index contributed by atoms with van der Waals surface area (Å²) in [6.45, 7) is 7.15. The van der Waals surface area contributed by atoms with Gasteiger partial charge < -0.3 is 10.0 Å². The standard InChI is InChI=1S/C18H25NO3/c1-18(2,3)10-9-16(20)19-11-14(15(12-19)17(21)22)13-7-5-4-6-8-13/h4-8,14-15H,9-12H2,1-3H3,(H,21,22). The molecule has 4 nitrogen and oxygen atoms in total. The van der Waals surface area contributed by atoms with Crippen molar-refractivity contribution in [2.75, 3.05) is 13.1 Å². The highest BCUT2D eigenvalue weighted by Gasteiger charge is 2.40. The molecule has 0 aromatic heterocycles. The van der Waals surface area contributed by atoms with Crippen LogP contribution in [-0.4, -0.2) is 35.0 Å². The number of rotatable bonds is 4. The highest BCUT2D eigenvalue weighted by molar-refractivity contribution is 5.79. The zero-order valence-electron chi connectivity index (χ0n) is 13.6. The van der Waals surface area contributed by atoms with Crippen molar-refractivity contribution in [3.63, 3.8) is 0 Å². The molecule has 1 heterocycles. The molecule has 0 spiro atoms. The quantitative estimate of drug-likeness (QED) is 0.929. The lowest BCUT2D eigenvalue weighted by Gasteiger charge is -2.21. The topological polar surface area (TPSA) is 57.6 Å². The summed E-state index contributed by atoms with van der Waals surface area (Å²) in [7, 11) is 0. The van der Waals surface area contributed by atoms with Crippen molar-refractivity contribution in [2.24, 2.45) is 11.3 Å². The Kier molecular flexibility index (Phi) is 4.89. The molecule has 0 saturated carbocycles. The van der Waals surface area contributed by atoms with E-state index < -0.39 is 11.9 Å². The average molecular weight is 303 g/mol. The third kappa shape index (κ3) is 4.09. The Hall–Kier alpha value is -1.84. The van der Waals surface area contributed by atoms with Crippen molar-refractivity contribution >= 4 is 11.9 Å². The van der Waals surface area contributed by atoms with Crippen LogP contribution < -0.4 is 0 Å². The van der Waals surface area contributed by atoms with Gasteiger partial charge in [0.1, 0.15) is 0 Å². The van der Waals surface area contributed by atoms with Crippen molar-refractivity contribution in [1.29, 1.82) is 0 Å². The van der Waals surface area contributed by atoms with Gasteiger partial charge in [-0.3, -0.25) is 9.59 Å². The maximum atomic E-state index is 12.4. The predicted molar refractivity (Wildman–Crippen MR) is 85.6 cm³/mol. The lowest BCUT2D eigenvalue weighted by atomic mass is 9.89. The van der Waals surface area contributed by atoms with Crippen molar-refractivity contribution in [3.05, 3.63) is 35.9 Å². The summed E-state index contributed by atoms with van der Waals surface area (Å²) in [5, 5.41) is 9.47. The molecule has 1 aliphatic rings. The predicted octanol–water partition coefficient (Wildman–Crippen LogP) is 3.14. The van der Waals surface area contributed by atoms with Crippen molar-refractivity contribution in [2.45, 2.75) is 39.5 Å². The van der Waals surface area contributed by atoms with E-state index >= 15 is 0 Å². The van der Waals surface area contributed by atoms with Gasteiger partial charge in [-0.1, -0.05) is 51.1 Å². The SMILES string of the molecule is CC(C)(C)CCC(=O)N1CC(C(=O)O)C(c2ccccc2)C1. The Morgan fingerprint density at radius 3 is 2.36 bits per heavy atom. The van der Waals surface area contributed by atoms with Crippen LogP contribution >= 0.6 is 0 Å². The van der Waals surface area contributed by atoms with E-state index in [0.717, 1.165) is 12.0 Å². The van der Waals surface area contributed by atoms with Crippen LogP contribution in [0.1, 0.15) is 45.1 Å². The Bertz CT molecular complexity index is 533. The molecule has 4 heteroatoms. The number of hydrogen-bond donors (Lipinski definition) is 1. The molecule has 0 bridgehead atoms. The number of hydrogen-bond acceptors (Lipinski definition) is 2. The second-order valence-electron chi connectivity index (χ2n) is 7.32. The number of aliphatic carboxylic acids is 1. The van der Waals surface area contributed by atoms with Gasteiger partial charge in [0.15, 0.2) is 0 Å². The summed E-state index contributed by atoms with van der Waals surface area (Å²) in [6, 6.07) is 9.64. The Balaban J connectivity index is 2.08. The van der Waals surface area contributed by atoms with Crippen molar-refractivity contribution in [3.8, 4) is 0 Å². The van der Waals surface area contributed by atoms with Gasteiger partial charge in [0.25, 0.3) is 0 Å². The number of carbonyl (C=O) groups is 2. The van der Waals surface area contributed by atoms with Gasteiger partial charge in [-0.25, -0.2) is 0 Å². The van der Waals surface area contributed by atoms with E-state index in [4.69, 9.17) is 0 Å².